The van der Waals surface area contributed by atoms with Crippen molar-refractivity contribution in [3.8, 4) is 0 Å². The first-order chi connectivity index (χ1) is 10.8. The van der Waals surface area contributed by atoms with Crippen LogP contribution in [0, 0.1) is 11.3 Å². The lowest BCUT2D eigenvalue weighted by molar-refractivity contribution is 0.0351. The molecule has 1 spiro atoms. The summed E-state index contributed by atoms with van der Waals surface area (Å²) in [5.74, 6) is 0.701. The minimum Gasteiger partial charge on any atom is -0.367 e. The highest BCUT2D eigenvalue weighted by atomic mass is 16.6. The predicted octanol–water partition coefficient (Wildman–Crippen LogP) is 4.42. The van der Waals surface area contributed by atoms with E-state index in [1.807, 2.05) is 0 Å². The Kier molecular flexibility index (Phi) is 3.29. The molecular weight excluding hydrogens is 282 g/mol. The van der Waals surface area contributed by atoms with Gasteiger partial charge in [-0.15, -0.1) is 0 Å². The van der Waals surface area contributed by atoms with Gasteiger partial charge in [0.1, 0.15) is 5.60 Å². The summed E-state index contributed by atoms with van der Waals surface area (Å²) < 4.78 is 6.28. The number of benzene rings is 1. The molecule has 4 rings (SSSR count). The Morgan fingerprint density at radius 1 is 1.09 bits per heavy atom. The van der Waals surface area contributed by atoms with Crippen LogP contribution in [0.2, 0.25) is 0 Å². The molecular formula is C21H31NO. The van der Waals surface area contributed by atoms with Gasteiger partial charge in [-0.25, -0.2) is 0 Å². The van der Waals surface area contributed by atoms with Gasteiger partial charge in [-0.3, -0.25) is 0 Å². The van der Waals surface area contributed by atoms with Gasteiger partial charge >= 0.3 is 0 Å². The maximum Gasteiger partial charge on any atom is 0.119 e. The predicted molar refractivity (Wildman–Crippen MR) is 94.4 cm³/mol. The summed E-state index contributed by atoms with van der Waals surface area (Å²) in [7, 11) is 0. The molecule has 1 heterocycles. The van der Waals surface area contributed by atoms with Gasteiger partial charge in [-0.2, -0.15) is 0 Å². The van der Waals surface area contributed by atoms with Crippen LogP contribution in [0.1, 0.15) is 64.9 Å². The quantitative estimate of drug-likeness (QED) is 0.779. The van der Waals surface area contributed by atoms with Gasteiger partial charge in [0.2, 0.25) is 0 Å². The third-order valence-electron chi connectivity index (χ3n) is 7.32. The van der Waals surface area contributed by atoms with E-state index in [1.165, 1.54) is 31.2 Å². The SMILES string of the molecule is CC(C)(C)[C@@H]1CCC2(N)CCC[C@](c3ccccc3)(C1)[C@]21CO1. The third kappa shape index (κ3) is 2.07. The van der Waals surface area contributed by atoms with E-state index in [0.717, 1.165) is 19.4 Å². The van der Waals surface area contributed by atoms with Gasteiger partial charge in [0.05, 0.1) is 6.61 Å². The average molecular weight is 313 g/mol. The van der Waals surface area contributed by atoms with Gasteiger partial charge in [-0.1, -0.05) is 57.5 Å². The summed E-state index contributed by atoms with van der Waals surface area (Å²) in [5, 5.41) is 0. The van der Waals surface area contributed by atoms with E-state index in [9.17, 15) is 0 Å². The second-order valence-electron chi connectivity index (χ2n) is 9.38. The molecule has 2 heteroatoms. The zero-order valence-electron chi connectivity index (χ0n) is 14.9. The highest BCUT2D eigenvalue weighted by Gasteiger charge is 2.73. The molecule has 3 aliphatic rings. The van der Waals surface area contributed by atoms with E-state index in [1.54, 1.807) is 0 Å². The van der Waals surface area contributed by atoms with E-state index >= 15 is 0 Å². The van der Waals surface area contributed by atoms with Crippen molar-refractivity contribution >= 4 is 0 Å². The van der Waals surface area contributed by atoms with Crippen molar-refractivity contribution in [3.63, 3.8) is 0 Å². The molecule has 0 amide bonds. The molecule has 1 saturated heterocycles. The molecule has 3 fully saturated rings. The van der Waals surface area contributed by atoms with Crippen LogP contribution < -0.4 is 5.73 Å². The highest BCUT2D eigenvalue weighted by Crippen LogP contribution is 2.65. The Balaban J connectivity index is 1.87. The van der Waals surface area contributed by atoms with Crippen molar-refractivity contribution in [3.05, 3.63) is 35.9 Å². The number of rotatable bonds is 1. The minimum atomic E-state index is -0.138. The maximum atomic E-state index is 7.04. The molecule has 1 aromatic rings. The first kappa shape index (κ1) is 15.7. The van der Waals surface area contributed by atoms with Crippen LogP contribution in [0.3, 0.4) is 0 Å². The van der Waals surface area contributed by atoms with E-state index in [0.29, 0.717) is 11.3 Å². The zero-order chi connectivity index (χ0) is 16.3. The van der Waals surface area contributed by atoms with E-state index < -0.39 is 0 Å². The van der Waals surface area contributed by atoms with Crippen LogP contribution in [-0.2, 0) is 10.2 Å². The zero-order valence-corrected chi connectivity index (χ0v) is 14.9. The summed E-state index contributed by atoms with van der Waals surface area (Å²) in [6.07, 6.45) is 7.15. The molecule has 2 nitrogen and oxygen atoms in total. The van der Waals surface area contributed by atoms with Crippen LogP contribution in [0.25, 0.3) is 0 Å². The number of nitrogens with two attached hydrogens (primary N) is 1. The summed E-state index contributed by atoms with van der Waals surface area (Å²) in [6, 6.07) is 11.1. The molecule has 2 saturated carbocycles. The van der Waals surface area contributed by atoms with E-state index in [2.05, 4.69) is 51.1 Å². The van der Waals surface area contributed by atoms with Gasteiger partial charge < -0.3 is 10.5 Å². The lowest BCUT2D eigenvalue weighted by Crippen LogP contribution is -2.65. The van der Waals surface area contributed by atoms with Gasteiger partial charge in [0.15, 0.2) is 0 Å². The Labute approximate surface area is 140 Å². The first-order valence-electron chi connectivity index (χ1n) is 9.32. The molecule has 1 aliphatic heterocycles. The second kappa shape index (κ2) is 4.83. The van der Waals surface area contributed by atoms with Gasteiger partial charge in [0, 0.05) is 11.0 Å². The number of hydrogen-bond acceptors (Lipinski definition) is 2. The van der Waals surface area contributed by atoms with Crippen molar-refractivity contribution in [2.45, 2.75) is 75.9 Å². The Morgan fingerprint density at radius 3 is 2.39 bits per heavy atom. The normalized spacial score (nSPS) is 43.2. The van der Waals surface area contributed by atoms with Crippen LogP contribution >= 0.6 is 0 Å². The molecule has 0 aromatic heterocycles. The summed E-state index contributed by atoms with van der Waals surface area (Å²) in [5.41, 5.74) is 8.69. The highest BCUT2D eigenvalue weighted by molar-refractivity contribution is 5.39. The van der Waals surface area contributed by atoms with Gasteiger partial charge in [-0.05, 0) is 49.0 Å². The van der Waals surface area contributed by atoms with Crippen molar-refractivity contribution in [1.82, 2.24) is 0 Å². The largest absolute Gasteiger partial charge is 0.367 e. The molecule has 2 N–H and O–H groups in total. The fourth-order valence-corrected chi connectivity index (χ4v) is 5.76. The van der Waals surface area contributed by atoms with Crippen LogP contribution in [0.5, 0.6) is 0 Å². The minimum absolute atomic E-state index is 0.107. The first-order valence-corrected chi connectivity index (χ1v) is 9.32. The summed E-state index contributed by atoms with van der Waals surface area (Å²) >= 11 is 0. The Morgan fingerprint density at radius 2 is 1.78 bits per heavy atom. The Bertz CT molecular complexity index is 586. The summed E-state index contributed by atoms with van der Waals surface area (Å²) in [6.45, 7) is 8.05. The van der Waals surface area contributed by atoms with Crippen molar-refractivity contribution < 1.29 is 4.74 Å². The molecule has 2 bridgehead atoms. The fraction of sp³-hybridized carbons (Fsp3) is 0.714. The number of ether oxygens (including phenoxy) is 1. The molecule has 2 aliphatic carbocycles. The number of epoxide rings is 1. The van der Waals surface area contributed by atoms with Crippen LogP contribution in [-0.4, -0.2) is 17.7 Å². The van der Waals surface area contributed by atoms with E-state index in [4.69, 9.17) is 10.5 Å². The lowest BCUT2D eigenvalue weighted by atomic mass is 9.53. The molecule has 4 atom stereocenters. The summed E-state index contributed by atoms with van der Waals surface area (Å²) in [4.78, 5) is 0. The fourth-order valence-electron chi connectivity index (χ4n) is 5.76. The van der Waals surface area contributed by atoms with Crippen LogP contribution in [0.4, 0.5) is 0 Å². The molecule has 23 heavy (non-hydrogen) atoms. The molecule has 1 aromatic carbocycles. The van der Waals surface area contributed by atoms with Crippen molar-refractivity contribution in [2.24, 2.45) is 17.1 Å². The average Bonchev–Trinajstić information content (AvgIpc) is 3.31. The van der Waals surface area contributed by atoms with E-state index in [-0.39, 0.29) is 16.6 Å². The molecule has 0 radical (unpaired) electrons. The monoisotopic (exact) mass is 313 g/mol. The third-order valence-corrected chi connectivity index (χ3v) is 7.32. The lowest BCUT2D eigenvalue weighted by Gasteiger charge is -2.52. The Hall–Kier alpha value is -0.860. The topological polar surface area (TPSA) is 38.5 Å². The smallest absolute Gasteiger partial charge is 0.119 e. The van der Waals surface area contributed by atoms with Crippen molar-refractivity contribution in [1.29, 1.82) is 0 Å². The van der Waals surface area contributed by atoms with Crippen LogP contribution in [0.15, 0.2) is 30.3 Å². The van der Waals surface area contributed by atoms with Gasteiger partial charge in [0.25, 0.3) is 0 Å². The van der Waals surface area contributed by atoms with Crippen molar-refractivity contribution in [2.75, 3.05) is 6.61 Å². The molecule has 1 unspecified atom stereocenters. The number of hydrogen-bond donors (Lipinski definition) is 1. The molecule has 126 valence electrons. The second-order valence-corrected chi connectivity index (χ2v) is 9.38. The maximum absolute atomic E-state index is 7.04. The standard InChI is InChI=1S/C21H31NO/c1-18(2,3)17-10-13-20(22)12-7-11-19(14-17,21(20)15-23-21)16-8-5-4-6-9-16/h4-6,8-9,17H,7,10-15,22H2,1-3H3/t17-,19-,20?,21-/m1/s1.